The van der Waals surface area contributed by atoms with E-state index in [4.69, 9.17) is 28.3 Å². The molecule has 2 N–H and O–H groups in total. The van der Waals surface area contributed by atoms with Crippen molar-refractivity contribution in [2.75, 3.05) is 6.61 Å². The van der Waals surface area contributed by atoms with E-state index >= 15 is 0 Å². The number of aliphatic hydroxyl groups is 1. The van der Waals surface area contributed by atoms with Crippen molar-refractivity contribution >= 4 is 34.2 Å². The molecule has 0 bridgehead atoms. The van der Waals surface area contributed by atoms with Crippen LogP contribution >= 0.6 is 23.2 Å². The highest BCUT2D eigenvalue weighted by Gasteiger charge is 2.06. The number of rotatable bonds is 5. The monoisotopic (exact) mass is 272 g/mol. The fourth-order valence-corrected chi connectivity index (χ4v) is 2.08. The third kappa shape index (κ3) is 3.12. The van der Waals surface area contributed by atoms with E-state index < -0.39 is 0 Å². The molecular formula is C12H14Cl2N2O. The van der Waals surface area contributed by atoms with Crippen molar-refractivity contribution < 1.29 is 5.11 Å². The standard InChI is InChI=1S/C12H14Cl2N2O/c13-8-6-10-11(7-9(8)14)16-12(15-10)4-2-1-3-5-17/h6-7,17H,1-5H2,(H,15,16). The minimum absolute atomic E-state index is 0.255. The molecule has 0 saturated carbocycles. The van der Waals surface area contributed by atoms with Gasteiger partial charge >= 0.3 is 0 Å². The lowest BCUT2D eigenvalue weighted by molar-refractivity contribution is 0.283. The lowest BCUT2D eigenvalue weighted by atomic mass is 10.2. The van der Waals surface area contributed by atoms with Gasteiger partial charge in [0.15, 0.2) is 0 Å². The Kier molecular flexibility index (Phi) is 4.26. The molecule has 1 aromatic carbocycles. The number of aliphatic hydroxyl groups excluding tert-OH is 1. The highest BCUT2D eigenvalue weighted by Crippen LogP contribution is 2.26. The van der Waals surface area contributed by atoms with Gasteiger partial charge in [-0.2, -0.15) is 0 Å². The maximum absolute atomic E-state index is 8.69. The number of unbranched alkanes of at least 4 members (excludes halogenated alkanes) is 2. The van der Waals surface area contributed by atoms with Crippen LogP contribution in [-0.2, 0) is 6.42 Å². The van der Waals surface area contributed by atoms with E-state index in [1.54, 1.807) is 12.1 Å². The topological polar surface area (TPSA) is 48.9 Å². The summed E-state index contributed by atoms with van der Waals surface area (Å²) in [6.45, 7) is 0.255. The molecule has 92 valence electrons. The average molecular weight is 273 g/mol. The summed E-state index contributed by atoms with van der Waals surface area (Å²) >= 11 is 11.9. The first-order chi connectivity index (χ1) is 8.20. The van der Waals surface area contributed by atoms with Crippen molar-refractivity contribution in [3.8, 4) is 0 Å². The molecule has 0 spiro atoms. The van der Waals surface area contributed by atoms with Gasteiger partial charge in [-0.1, -0.05) is 29.6 Å². The molecule has 0 saturated heterocycles. The number of nitrogens with zero attached hydrogens (tertiary/aromatic N) is 1. The summed E-state index contributed by atoms with van der Waals surface area (Å²) in [5, 5.41) is 9.75. The highest BCUT2D eigenvalue weighted by molar-refractivity contribution is 6.42. The van der Waals surface area contributed by atoms with Crippen LogP contribution in [0.15, 0.2) is 12.1 Å². The summed E-state index contributed by atoms with van der Waals surface area (Å²) in [5.41, 5.74) is 1.76. The second-order valence-electron chi connectivity index (χ2n) is 4.00. The first-order valence-electron chi connectivity index (χ1n) is 5.65. The molecule has 2 rings (SSSR count). The Morgan fingerprint density at radius 3 is 2.65 bits per heavy atom. The van der Waals surface area contributed by atoms with Gasteiger partial charge in [-0.05, 0) is 25.0 Å². The molecule has 0 radical (unpaired) electrons. The lowest BCUT2D eigenvalue weighted by Crippen LogP contribution is -1.89. The zero-order chi connectivity index (χ0) is 12.3. The first kappa shape index (κ1) is 12.7. The largest absolute Gasteiger partial charge is 0.396 e. The molecule has 0 unspecified atom stereocenters. The van der Waals surface area contributed by atoms with Gasteiger partial charge in [-0.15, -0.1) is 0 Å². The van der Waals surface area contributed by atoms with E-state index in [2.05, 4.69) is 9.97 Å². The second kappa shape index (κ2) is 5.71. The van der Waals surface area contributed by atoms with Crippen LogP contribution in [0, 0.1) is 0 Å². The zero-order valence-corrected chi connectivity index (χ0v) is 10.9. The van der Waals surface area contributed by atoms with Crippen LogP contribution in [0.1, 0.15) is 25.1 Å². The van der Waals surface area contributed by atoms with Crippen molar-refractivity contribution in [1.82, 2.24) is 9.97 Å². The maximum Gasteiger partial charge on any atom is 0.107 e. The number of aryl methyl sites for hydroxylation is 1. The van der Waals surface area contributed by atoms with Gasteiger partial charge < -0.3 is 10.1 Å². The number of hydrogen-bond acceptors (Lipinski definition) is 2. The molecular weight excluding hydrogens is 259 g/mol. The minimum atomic E-state index is 0.255. The number of imidazole rings is 1. The SMILES string of the molecule is OCCCCCc1nc2cc(Cl)c(Cl)cc2[nH]1. The van der Waals surface area contributed by atoms with Crippen LogP contribution in [-0.4, -0.2) is 21.7 Å². The summed E-state index contributed by atoms with van der Waals surface area (Å²) in [6.07, 6.45) is 3.75. The van der Waals surface area contributed by atoms with Crippen molar-refractivity contribution in [3.05, 3.63) is 28.0 Å². The van der Waals surface area contributed by atoms with Crippen LogP contribution in [0.5, 0.6) is 0 Å². The Bertz CT molecular complexity index is 471. The van der Waals surface area contributed by atoms with Crippen LogP contribution in [0.25, 0.3) is 11.0 Å². The Hall–Kier alpha value is -0.770. The second-order valence-corrected chi connectivity index (χ2v) is 4.82. The van der Waals surface area contributed by atoms with E-state index in [1.807, 2.05) is 0 Å². The van der Waals surface area contributed by atoms with Gasteiger partial charge in [0, 0.05) is 13.0 Å². The summed E-state index contributed by atoms with van der Waals surface area (Å²) in [7, 11) is 0. The number of benzene rings is 1. The van der Waals surface area contributed by atoms with Gasteiger partial charge in [-0.3, -0.25) is 0 Å². The van der Waals surface area contributed by atoms with Crippen molar-refractivity contribution in [3.63, 3.8) is 0 Å². The van der Waals surface area contributed by atoms with E-state index in [-0.39, 0.29) is 6.61 Å². The van der Waals surface area contributed by atoms with Crippen LogP contribution in [0.3, 0.4) is 0 Å². The number of hydrogen-bond donors (Lipinski definition) is 2. The number of aromatic nitrogens is 2. The van der Waals surface area contributed by atoms with Crippen molar-refractivity contribution in [2.45, 2.75) is 25.7 Å². The van der Waals surface area contributed by atoms with E-state index in [1.165, 1.54) is 0 Å². The molecule has 3 nitrogen and oxygen atoms in total. The number of halogens is 2. The molecule has 17 heavy (non-hydrogen) atoms. The summed E-state index contributed by atoms with van der Waals surface area (Å²) < 4.78 is 0. The van der Waals surface area contributed by atoms with E-state index in [9.17, 15) is 0 Å². The molecule has 0 fully saturated rings. The Labute approximate surface area is 110 Å². The molecule has 2 aromatic rings. The molecule has 0 amide bonds. The predicted octanol–water partition coefficient (Wildman–Crippen LogP) is 3.57. The number of nitrogens with one attached hydrogen (secondary N) is 1. The van der Waals surface area contributed by atoms with Gasteiger partial charge in [0.2, 0.25) is 0 Å². The number of aromatic amines is 1. The third-order valence-electron chi connectivity index (χ3n) is 2.64. The summed E-state index contributed by atoms with van der Waals surface area (Å²) in [5.74, 6) is 0.941. The maximum atomic E-state index is 8.69. The molecule has 0 atom stereocenters. The summed E-state index contributed by atoms with van der Waals surface area (Å²) in [4.78, 5) is 7.67. The van der Waals surface area contributed by atoms with E-state index in [0.29, 0.717) is 10.0 Å². The van der Waals surface area contributed by atoms with Crippen molar-refractivity contribution in [1.29, 1.82) is 0 Å². The number of fused-ring (bicyclic) bond motifs is 1. The Balaban J connectivity index is 2.09. The zero-order valence-electron chi connectivity index (χ0n) is 9.34. The van der Waals surface area contributed by atoms with Gasteiger partial charge in [-0.25, -0.2) is 4.98 Å². The predicted molar refractivity (Wildman–Crippen MR) is 70.8 cm³/mol. The Morgan fingerprint density at radius 2 is 1.88 bits per heavy atom. The molecule has 0 aliphatic rings. The molecule has 1 aromatic heterocycles. The molecule has 5 heteroatoms. The highest BCUT2D eigenvalue weighted by atomic mass is 35.5. The van der Waals surface area contributed by atoms with Crippen LogP contribution in [0.2, 0.25) is 10.0 Å². The molecule has 1 heterocycles. The fourth-order valence-electron chi connectivity index (χ4n) is 1.76. The third-order valence-corrected chi connectivity index (χ3v) is 3.37. The van der Waals surface area contributed by atoms with Gasteiger partial charge in [0.05, 0.1) is 21.1 Å². The van der Waals surface area contributed by atoms with Gasteiger partial charge in [0.25, 0.3) is 0 Å². The van der Waals surface area contributed by atoms with Crippen LogP contribution < -0.4 is 0 Å². The molecule has 0 aliphatic carbocycles. The normalized spacial score (nSPS) is 11.2. The quantitative estimate of drug-likeness (QED) is 0.818. The average Bonchev–Trinajstić information content (AvgIpc) is 2.67. The fraction of sp³-hybridized carbons (Fsp3) is 0.417. The van der Waals surface area contributed by atoms with Crippen LogP contribution in [0.4, 0.5) is 0 Å². The van der Waals surface area contributed by atoms with Crippen molar-refractivity contribution in [2.24, 2.45) is 0 Å². The van der Waals surface area contributed by atoms with Gasteiger partial charge in [0.1, 0.15) is 5.82 Å². The number of H-pyrrole nitrogens is 1. The van der Waals surface area contributed by atoms with E-state index in [0.717, 1.165) is 42.5 Å². The minimum Gasteiger partial charge on any atom is -0.396 e. The first-order valence-corrected chi connectivity index (χ1v) is 6.41. The Morgan fingerprint density at radius 1 is 1.12 bits per heavy atom. The smallest absolute Gasteiger partial charge is 0.107 e. The summed E-state index contributed by atoms with van der Waals surface area (Å²) in [6, 6.07) is 3.57. The lowest BCUT2D eigenvalue weighted by Gasteiger charge is -1.95. The molecule has 0 aliphatic heterocycles.